The molecule has 0 saturated heterocycles. The molecule has 1 aliphatic heterocycles. The van der Waals surface area contributed by atoms with Crippen LogP contribution in [0.3, 0.4) is 0 Å². The Morgan fingerprint density at radius 2 is 1.52 bits per heavy atom. The van der Waals surface area contributed by atoms with E-state index in [1.54, 1.807) is 18.2 Å². The van der Waals surface area contributed by atoms with Gasteiger partial charge in [-0.15, -0.1) is 0 Å². The van der Waals surface area contributed by atoms with E-state index in [9.17, 15) is 14.0 Å². The van der Waals surface area contributed by atoms with Gasteiger partial charge in [-0.2, -0.15) is 0 Å². The Balaban J connectivity index is 1.82. The molecular weight excluding hydrogens is 393 g/mol. The van der Waals surface area contributed by atoms with E-state index in [2.05, 4.69) is 0 Å². The minimum atomic E-state index is -0.657. The van der Waals surface area contributed by atoms with E-state index in [0.29, 0.717) is 22.2 Å². The number of anilines is 1. The molecule has 31 heavy (non-hydrogen) atoms. The standard InChI is InChI=1S/C26H20FNO3/c1-14-4-6-17(7-5-14)23-22-24(29)20-12-15(2)16(3)13-21(20)31-25(22)26(30)28(23)19-10-8-18(27)9-11-19/h4-13,23H,1-3H3. The molecule has 3 aromatic carbocycles. The summed E-state index contributed by atoms with van der Waals surface area (Å²) < 4.78 is 19.6. The van der Waals surface area contributed by atoms with E-state index >= 15 is 0 Å². The summed E-state index contributed by atoms with van der Waals surface area (Å²) in [4.78, 5) is 28.6. The molecule has 4 aromatic rings. The fourth-order valence-electron chi connectivity index (χ4n) is 4.16. The van der Waals surface area contributed by atoms with Crippen molar-refractivity contribution in [2.75, 3.05) is 4.90 Å². The maximum absolute atomic E-state index is 13.6. The summed E-state index contributed by atoms with van der Waals surface area (Å²) in [6.45, 7) is 5.85. The van der Waals surface area contributed by atoms with E-state index in [0.717, 1.165) is 22.3 Å². The predicted molar refractivity (Wildman–Crippen MR) is 118 cm³/mol. The van der Waals surface area contributed by atoms with Crippen LogP contribution >= 0.6 is 0 Å². The van der Waals surface area contributed by atoms with Crippen molar-refractivity contribution in [2.45, 2.75) is 26.8 Å². The van der Waals surface area contributed by atoms with E-state index in [1.165, 1.54) is 17.0 Å². The largest absolute Gasteiger partial charge is 0.450 e. The summed E-state index contributed by atoms with van der Waals surface area (Å²) in [6, 6.07) is 16.3. The summed E-state index contributed by atoms with van der Waals surface area (Å²) in [6.07, 6.45) is 0. The molecule has 4 nitrogen and oxygen atoms in total. The van der Waals surface area contributed by atoms with Gasteiger partial charge in [-0.3, -0.25) is 14.5 Å². The Hall–Kier alpha value is -3.73. The molecular formula is C26H20FNO3. The summed E-state index contributed by atoms with van der Waals surface area (Å²) in [5, 5.41) is 0.452. The number of hydrogen-bond donors (Lipinski definition) is 0. The van der Waals surface area contributed by atoms with Gasteiger partial charge in [-0.05, 0) is 73.9 Å². The second-order valence-electron chi connectivity index (χ2n) is 8.07. The SMILES string of the molecule is Cc1ccc(C2c3c(oc4cc(C)c(C)cc4c3=O)C(=O)N2c2ccc(F)cc2)cc1. The van der Waals surface area contributed by atoms with Crippen LogP contribution in [0.4, 0.5) is 10.1 Å². The number of carbonyl (C=O) groups excluding carboxylic acids is 1. The number of fused-ring (bicyclic) bond motifs is 2. The zero-order valence-electron chi connectivity index (χ0n) is 17.4. The van der Waals surface area contributed by atoms with Crippen molar-refractivity contribution in [1.82, 2.24) is 0 Å². The first-order chi connectivity index (χ1) is 14.8. The first-order valence-corrected chi connectivity index (χ1v) is 10.1. The number of carbonyl (C=O) groups is 1. The van der Waals surface area contributed by atoms with Gasteiger partial charge in [0, 0.05) is 5.69 Å². The Morgan fingerprint density at radius 3 is 2.19 bits per heavy atom. The molecule has 0 radical (unpaired) electrons. The van der Waals surface area contributed by atoms with Crippen molar-refractivity contribution in [3.8, 4) is 0 Å². The van der Waals surface area contributed by atoms with Gasteiger partial charge >= 0.3 is 0 Å². The minimum absolute atomic E-state index is 0.0376. The van der Waals surface area contributed by atoms with E-state index < -0.39 is 17.8 Å². The molecule has 5 heteroatoms. The molecule has 1 unspecified atom stereocenters. The molecule has 1 aromatic heterocycles. The van der Waals surface area contributed by atoms with E-state index in [-0.39, 0.29) is 11.2 Å². The van der Waals surface area contributed by atoms with Gasteiger partial charge in [0.05, 0.1) is 17.0 Å². The van der Waals surface area contributed by atoms with Crippen LogP contribution < -0.4 is 10.3 Å². The number of amides is 1. The minimum Gasteiger partial charge on any atom is -0.450 e. The third-order valence-electron chi connectivity index (χ3n) is 5.98. The van der Waals surface area contributed by atoms with Gasteiger partial charge in [-0.25, -0.2) is 4.39 Å². The highest BCUT2D eigenvalue weighted by Gasteiger charge is 2.43. The lowest BCUT2D eigenvalue weighted by molar-refractivity contribution is 0.0971. The zero-order chi connectivity index (χ0) is 21.9. The van der Waals surface area contributed by atoms with Gasteiger partial charge in [-0.1, -0.05) is 29.8 Å². The van der Waals surface area contributed by atoms with Crippen LogP contribution in [0.1, 0.15) is 44.4 Å². The number of benzene rings is 3. The molecule has 0 bridgehead atoms. The predicted octanol–water partition coefficient (Wildman–Crippen LogP) is 5.61. The van der Waals surface area contributed by atoms with Crippen molar-refractivity contribution in [2.24, 2.45) is 0 Å². The number of nitrogens with zero attached hydrogens (tertiary/aromatic N) is 1. The Labute approximate surface area is 178 Å². The van der Waals surface area contributed by atoms with E-state index in [1.807, 2.05) is 51.1 Å². The molecule has 1 amide bonds. The first-order valence-electron chi connectivity index (χ1n) is 10.1. The number of halogens is 1. The van der Waals surface area contributed by atoms with Gasteiger partial charge < -0.3 is 4.42 Å². The molecule has 0 spiro atoms. The highest BCUT2D eigenvalue weighted by atomic mass is 19.1. The summed E-state index contributed by atoms with van der Waals surface area (Å²) in [5.74, 6) is -0.772. The van der Waals surface area contributed by atoms with Crippen molar-refractivity contribution in [3.63, 3.8) is 0 Å². The van der Waals surface area contributed by atoms with Crippen molar-refractivity contribution >= 4 is 22.6 Å². The van der Waals surface area contributed by atoms with Gasteiger partial charge in [0.15, 0.2) is 5.43 Å². The maximum Gasteiger partial charge on any atom is 0.295 e. The second kappa shape index (κ2) is 6.91. The van der Waals surface area contributed by atoms with Crippen LogP contribution in [-0.4, -0.2) is 5.91 Å². The molecule has 1 aliphatic rings. The monoisotopic (exact) mass is 413 g/mol. The van der Waals surface area contributed by atoms with Gasteiger partial charge in [0.1, 0.15) is 11.4 Å². The summed E-state index contributed by atoms with van der Waals surface area (Å²) >= 11 is 0. The molecule has 1 atom stereocenters. The normalized spacial score (nSPS) is 15.5. The average Bonchev–Trinajstić information content (AvgIpc) is 3.04. The summed E-state index contributed by atoms with van der Waals surface area (Å²) in [5.41, 5.74) is 4.80. The molecule has 0 N–H and O–H groups in total. The lowest BCUT2D eigenvalue weighted by Gasteiger charge is -2.25. The lowest BCUT2D eigenvalue weighted by atomic mass is 9.96. The van der Waals surface area contributed by atoms with E-state index in [4.69, 9.17) is 4.42 Å². The van der Waals surface area contributed by atoms with Gasteiger partial charge in [0.2, 0.25) is 5.76 Å². The number of aryl methyl sites for hydroxylation is 3. The van der Waals surface area contributed by atoms with Crippen molar-refractivity contribution < 1.29 is 13.6 Å². The number of rotatable bonds is 2. The molecule has 0 fully saturated rings. The van der Waals surface area contributed by atoms with Crippen molar-refractivity contribution in [1.29, 1.82) is 0 Å². The summed E-state index contributed by atoms with van der Waals surface area (Å²) in [7, 11) is 0. The van der Waals surface area contributed by atoms with Crippen LogP contribution in [0, 0.1) is 26.6 Å². The van der Waals surface area contributed by atoms with Crippen LogP contribution in [0.5, 0.6) is 0 Å². The Kier molecular flexibility index (Phi) is 4.29. The highest BCUT2D eigenvalue weighted by molar-refractivity contribution is 6.10. The highest BCUT2D eigenvalue weighted by Crippen LogP contribution is 2.41. The third-order valence-corrected chi connectivity index (χ3v) is 5.98. The Morgan fingerprint density at radius 1 is 0.871 bits per heavy atom. The second-order valence-corrected chi connectivity index (χ2v) is 8.07. The Bertz CT molecular complexity index is 1400. The lowest BCUT2D eigenvalue weighted by Crippen LogP contribution is -2.29. The van der Waals surface area contributed by atoms with Crippen molar-refractivity contribution in [3.05, 3.63) is 110 Å². The number of hydrogen-bond acceptors (Lipinski definition) is 3. The topological polar surface area (TPSA) is 50.5 Å². The molecule has 0 saturated carbocycles. The molecule has 5 rings (SSSR count). The quantitative estimate of drug-likeness (QED) is 0.429. The van der Waals surface area contributed by atoms with Crippen LogP contribution in [-0.2, 0) is 0 Å². The van der Waals surface area contributed by atoms with Crippen LogP contribution in [0.25, 0.3) is 11.0 Å². The average molecular weight is 413 g/mol. The smallest absolute Gasteiger partial charge is 0.295 e. The zero-order valence-corrected chi connectivity index (χ0v) is 17.4. The van der Waals surface area contributed by atoms with Crippen LogP contribution in [0.15, 0.2) is 69.9 Å². The fraction of sp³-hybridized carbons (Fsp3) is 0.154. The molecule has 154 valence electrons. The first kappa shape index (κ1) is 19.2. The third kappa shape index (κ3) is 2.96. The molecule has 2 heterocycles. The fourth-order valence-corrected chi connectivity index (χ4v) is 4.16. The van der Waals surface area contributed by atoms with Crippen LogP contribution in [0.2, 0.25) is 0 Å². The maximum atomic E-state index is 13.6. The molecule has 0 aliphatic carbocycles. The van der Waals surface area contributed by atoms with Gasteiger partial charge in [0.25, 0.3) is 5.91 Å².